The molecule has 7 heteroatoms. The average molecular weight is 304 g/mol. The number of esters is 1. The standard InChI is InChI=1S/C15H16N2O5/c1-9-7-10(8-13(18)14(9)15(19)22-2)16-11-5-3-4-6-12(11)17(20)21/h3-6,8-9,14,16H,7H2,1-2H3/t9-,14+/m1/s1. The highest BCUT2D eigenvalue weighted by atomic mass is 16.6. The lowest BCUT2D eigenvalue weighted by Crippen LogP contribution is -2.34. The maximum absolute atomic E-state index is 12.1. The Hall–Kier alpha value is -2.70. The van der Waals surface area contributed by atoms with Crippen LogP contribution in [0.1, 0.15) is 13.3 Å². The number of ether oxygens (including phenoxy) is 1. The molecule has 0 saturated carbocycles. The first-order chi connectivity index (χ1) is 10.4. The number of para-hydroxylation sites is 2. The van der Waals surface area contributed by atoms with Crippen LogP contribution < -0.4 is 5.32 Å². The molecule has 0 heterocycles. The minimum Gasteiger partial charge on any atom is -0.468 e. The van der Waals surface area contributed by atoms with Gasteiger partial charge >= 0.3 is 5.97 Å². The van der Waals surface area contributed by atoms with E-state index in [1.807, 2.05) is 0 Å². The van der Waals surface area contributed by atoms with Gasteiger partial charge in [-0.05, 0) is 18.4 Å². The van der Waals surface area contributed by atoms with Crippen LogP contribution in [-0.4, -0.2) is 23.8 Å². The van der Waals surface area contributed by atoms with Crippen molar-refractivity contribution in [3.63, 3.8) is 0 Å². The van der Waals surface area contributed by atoms with Crippen LogP contribution in [0.25, 0.3) is 0 Å². The van der Waals surface area contributed by atoms with Gasteiger partial charge in [0.05, 0.1) is 12.0 Å². The third-order valence-corrected chi connectivity index (χ3v) is 3.59. The van der Waals surface area contributed by atoms with E-state index >= 15 is 0 Å². The molecular formula is C15H16N2O5. The topological polar surface area (TPSA) is 98.5 Å². The van der Waals surface area contributed by atoms with E-state index in [4.69, 9.17) is 0 Å². The van der Waals surface area contributed by atoms with Gasteiger partial charge in [-0.2, -0.15) is 0 Å². The molecule has 1 N–H and O–H groups in total. The molecule has 0 saturated heterocycles. The van der Waals surface area contributed by atoms with Gasteiger partial charge in [0.25, 0.3) is 5.69 Å². The normalized spacial score (nSPS) is 21.0. The lowest BCUT2D eigenvalue weighted by Gasteiger charge is -2.26. The molecule has 0 amide bonds. The maximum Gasteiger partial charge on any atom is 0.316 e. The van der Waals surface area contributed by atoms with Gasteiger partial charge < -0.3 is 10.1 Å². The van der Waals surface area contributed by atoms with E-state index in [0.717, 1.165) is 0 Å². The molecule has 1 aliphatic carbocycles. The second kappa shape index (κ2) is 6.38. The molecule has 0 spiro atoms. The van der Waals surface area contributed by atoms with Gasteiger partial charge in [-0.3, -0.25) is 19.7 Å². The van der Waals surface area contributed by atoms with Crippen molar-refractivity contribution in [3.8, 4) is 0 Å². The Bertz CT molecular complexity index is 653. The smallest absolute Gasteiger partial charge is 0.316 e. The predicted molar refractivity (Wildman–Crippen MR) is 79.1 cm³/mol. The molecule has 7 nitrogen and oxygen atoms in total. The van der Waals surface area contributed by atoms with Crippen LogP contribution >= 0.6 is 0 Å². The van der Waals surface area contributed by atoms with Crippen LogP contribution in [0.5, 0.6) is 0 Å². The van der Waals surface area contributed by atoms with Gasteiger partial charge in [0.15, 0.2) is 5.78 Å². The highest BCUT2D eigenvalue weighted by Crippen LogP contribution is 2.31. The third kappa shape index (κ3) is 3.13. The first-order valence-corrected chi connectivity index (χ1v) is 6.76. The van der Waals surface area contributed by atoms with Gasteiger partial charge in [0.1, 0.15) is 11.6 Å². The summed E-state index contributed by atoms with van der Waals surface area (Å²) < 4.78 is 4.64. The predicted octanol–water partition coefficient (Wildman–Crippen LogP) is 2.29. The van der Waals surface area contributed by atoms with Crippen LogP contribution in [-0.2, 0) is 14.3 Å². The van der Waals surface area contributed by atoms with E-state index < -0.39 is 16.8 Å². The van der Waals surface area contributed by atoms with E-state index in [1.54, 1.807) is 25.1 Å². The number of rotatable bonds is 4. The summed E-state index contributed by atoms with van der Waals surface area (Å²) >= 11 is 0. The monoisotopic (exact) mass is 304 g/mol. The van der Waals surface area contributed by atoms with Crippen molar-refractivity contribution in [3.05, 3.63) is 46.2 Å². The highest BCUT2D eigenvalue weighted by molar-refractivity contribution is 6.06. The van der Waals surface area contributed by atoms with Crippen LogP contribution in [0.4, 0.5) is 11.4 Å². The SMILES string of the molecule is COC(=O)[C@@H]1C(=O)C=C(Nc2ccccc2[N+](=O)[O-])C[C@H]1C. The zero-order chi connectivity index (χ0) is 16.3. The van der Waals surface area contributed by atoms with Crippen molar-refractivity contribution in [2.24, 2.45) is 11.8 Å². The molecule has 1 aromatic carbocycles. The summed E-state index contributed by atoms with van der Waals surface area (Å²) in [6, 6.07) is 6.19. The van der Waals surface area contributed by atoms with Crippen LogP contribution in [0.15, 0.2) is 36.0 Å². The summed E-state index contributed by atoms with van der Waals surface area (Å²) in [4.78, 5) is 34.2. The van der Waals surface area contributed by atoms with E-state index in [1.165, 1.54) is 19.3 Å². The van der Waals surface area contributed by atoms with Crippen LogP contribution in [0, 0.1) is 22.0 Å². The fourth-order valence-electron chi connectivity index (χ4n) is 2.54. The summed E-state index contributed by atoms with van der Waals surface area (Å²) in [6.07, 6.45) is 1.75. The zero-order valence-electron chi connectivity index (χ0n) is 12.2. The summed E-state index contributed by atoms with van der Waals surface area (Å²) in [7, 11) is 1.24. The van der Waals surface area contributed by atoms with E-state index in [9.17, 15) is 19.7 Å². The van der Waals surface area contributed by atoms with Gasteiger partial charge in [0, 0.05) is 17.8 Å². The van der Waals surface area contributed by atoms with Gasteiger partial charge in [-0.25, -0.2) is 0 Å². The van der Waals surface area contributed by atoms with E-state index in [0.29, 0.717) is 17.8 Å². The zero-order valence-corrected chi connectivity index (χ0v) is 12.2. The number of carbonyl (C=O) groups is 2. The van der Waals surface area contributed by atoms with Gasteiger partial charge in [0.2, 0.25) is 0 Å². The number of hydrogen-bond donors (Lipinski definition) is 1. The molecule has 1 aromatic rings. The van der Waals surface area contributed by atoms with E-state index in [-0.39, 0.29) is 17.4 Å². The summed E-state index contributed by atoms with van der Waals surface area (Å²) in [5, 5.41) is 13.9. The Morgan fingerprint density at radius 2 is 2.09 bits per heavy atom. The summed E-state index contributed by atoms with van der Waals surface area (Å²) in [6.45, 7) is 1.77. The molecule has 2 atom stereocenters. The van der Waals surface area contributed by atoms with Crippen molar-refractivity contribution < 1.29 is 19.2 Å². The molecule has 0 fully saturated rings. The van der Waals surface area contributed by atoms with Gasteiger partial charge in [-0.15, -0.1) is 0 Å². The van der Waals surface area contributed by atoms with E-state index in [2.05, 4.69) is 10.1 Å². The summed E-state index contributed by atoms with van der Waals surface area (Å²) in [5.74, 6) is -1.97. The number of hydrogen-bond acceptors (Lipinski definition) is 6. The highest BCUT2D eigenvalue weighted by Gasteiger charge is 2.36. The van der Waals surface area contributed by atoms with Crippen molar-refractivity contribution in [1.82, 2.24) is 0 Å². The lowest BCUT2D eigenvalue weighted by atomic mass is 9.82. The third-order valence-electron chi connectivity index (χ3n) is 3.59. The van der Waals surface area contributed by atoms with Gasteiger partial charge in [-0.1, -0.05) is 19.1 Å². The molecule has 0 aromatic heterocycles. The first kappa shape index (κ1) is 15.7. The Morgan fingerprint density at radius 3 is 2.68 bits per heavy atom. The number of nitrogens with zero attached hydrogens (tertiary/aromatic N) is 1. The molecule has 22 heavy (non-hydrogen) atoms. The number of anilines is 1. The van der Waals surface area contributed by atoms with Crippen molar-refractivity contribution in [2.75, 3.05) is 12.4 Å². The number of ketones is 1. The molecule has 116 valence electrons. The quantitative estimate of drug-likeness (QED) is 0.396. The first-order valence-electron chi connectivity index (χ1n) is 6.76. The van der Waals surface area contributed by atoms with Crippen molar-refractivity contribution in [1.29, 1.82) is 0 Å². The van der Waals surface area contributed by atoms with Crippen LogP contribution in [0.2, 0.25) is 0 Å². The average Bonchev–Trinajstić information content (AvgIpc) is 2.46. The largest absolute Gasteiger partial charge is 0.468 e. The Morgan fingerprint density at radius 1 is 1.41 bits per heavy atom. The second-order valence-electron chi connectivity index (χ2n) is 5.15. The molecule has 2 rings (SSSR count). The Balaban J connectivity index is 2.24. The van der Waals surface area contributed by atoms with Crippen LogP contribution in [0.3, 0.4) is 0 Å². The Labute approximate surface area is 127 Å². The fraction of sp³-hybridized carbons (Fsp3) is 0.333. The van der Waals surface area contributed by atoms with Crippen molar-refractivity contribution >= 4 is 23.1 Å². The number of nitrogens with one attached hydrogen (secondary N) is 1. The number of methoxy groups -OCH3 is 1. The molecular weight excluding hydrogens is 288 g/mol. The second-order valence-corrected chi connectivity index (χ2v) is 5.15. The molecule has 0 aliphatic heterocycles. The minimum absolute atomic E-state index is 0.0707. The molecule has 1 aliphatic rings. The fourth-order valence-corrected chi connectivity index (χ4v) is 2.54. The molecule has 0 radical (unpaired) electrons. The number of nitro groups is 1. The number of allylic oxidation sites excluding steroid dienone is 2. The lowest BCUT2D eigenvalue weighted by molar-refractivity contribution is -0.383. The maximum atomic E-state index is 12.1. The summed E-state index contributed by atoms with van der Waals surface area (Å²) in [5.41, 5.74) is 0.792. The molecule has 0 unspecified atom stereocenters. The number of carbonyl (C=O) groups excluding carboxylic acids is 2. The van der Waals surface area contributed by atoms with Crippen molar-refractivity contribution in [2.45, 2.75) is 13.3 Å². The molecule has 0 bridgehead atoms. The number of nitro benzene ring substituents is 1. The Kier molecular flexibility index (Phi) is 4.55. The minimum atomic E-state index is -0.818. The number of benzene rings is 1.